The standard InChI is InChI=1S/C26H28N4O2S/c1-18-10-9-11-19(2)23(18)30-24(32)20-12-5-6-13-21(20)28-25(30)33-16-22(31)29(3)26(17-27)14-7-4-8-15-26/h5-6,9-13H,4,7-8,14-16H2,1-3H3. The number of aryl methyl sites for hydroxylation is 2. The summed E-state index contributed by atoms with van der Waals surface area (Å²) in [6.45, 7) is 3.94. The third-order valence-corrected chi connectivity index (χ3v) is 7.56. The first kappa shape index (κ1) is 23.1. The summed E-state index contributed by atoms with van der Waals surface area (Å²) in [5.74, 6) is -0.0192. The lowest BCUT2D eigenvalue weighted by Gasteiger charge is -2.39. The van der Waals surface area contributed by atoms with E-state index in [1.807, 2.05) is 50.2 Å². The fraction of sp³-hybridized carbons (Fsp3) is 0.385. The van der Waals surface area contributed by atoms with Gasteiger partial charge < -0.3 is 4.90 Å². The van der Waals surface area contributed by atoms with Crippen molar-refractivity contribution in [3.05, 3.63) is 63.9 Å². The molecule has 1 aliphatic carbocycles. The molecule has 0 saturated heterocycles. The summed E-state index contributed by atoms with van der Waals surface area (Å²) in [6, 6.07) is 15.6. The number of nitrogens with zero attached hydrogens (tertiary/aromatic N) is 4. The van der Waals surface area contributed by atoms with Crippen LogP contribution in [0.2, 0.25) is 0 Å². The monoisotopic (exact) mass is 460 g/mol. The van der Waals surface area contributed by atoms with Crippen LogP contribution in [0, 0.1) is 25.2 Å². The molecule has 3 aromatic rings. The topological polar surface area (TPSA) is 79.0 Å². The number of rotatable bonds is 5. The zero-order chi connectivity index (χ0) is 23.6. The molecule has 1 fully saturated rings. The van der Waals surface area contributed by atoms with Crippen molar-refractivity contribution >= 4 is 28.6 Å². The van der Waals surface area contributed by atoms with E-state index < -0.39 is 5.54 Å². The number of aromatic nitrogens is 2. The van der Waals surface area contributed by atoms with Crippen LogP contribution in [0.15, 0.2) is 52.4 Å². The normalized spacial score (nSPS) is 15.2. The Morgan fingerprint density at radius 2 is 1.79 bits per heavy atom. The molecule has 0 radical (unpaired) electrons. The highest BCUT2D eigenvalue weighted by atomic mass is 32.2. The van der Waals surface area contributed by atoms with E-state index in [4.69, 9.17) is 4.98 Å². The first-order chi connectivity index (χ1) is 15.9. The van der Waals surface area contributed by atoms with Gasteiger partial charge in [0.05, 0.1) is 28.4 Å². The molecule has 1 saturated carbocycles. The molecule has 7 heteroatoms. The minimum atomic E-state index is -0.737. The zero-order valence-electron chi connectivity index (χ0n) is 19.3. The Morgan fingerprint density at radius 1 is 1.12 bits per heavy atom. The Bertz CT molecular complexity index is 1280. The van der Waals surface area contributed by atoms with E-state index >= 15 is 0 Å². The van der Waals surface area contributed by atoms with Crippen LogP contribution in [0.1, 0.15) is 43.2 Å². The summed E-state index contributed by atoms with van der Waals surface area (Å²) in [7, 11) is 1.73. The van der Waals surface area contributed by atoms with E-state index in [1.54, 1.807) is 22.6 Å². The molecule has 6 nitrogen and oxygen atoms in total. The van der Waals surface area contributed by atoms with Crippen LogP contribution in [-0.4, -0.2) is 38.7 Å². The number of carbonyl (C=O) groups excluding carboxylic acids is 1. The summed E-state index contributed by atoms with van der Waals surface area (Å²) in [5.41, 5.74) is 2.44. The van der Waals surface area contributed by atoms with Gasteiger partial charge in [-0.2, -0.15) is 5.26 Å². The second-order valence-electron chi connectivity index (χ2n) is 8.74. The molecule has 0 bridgehead atoms. The smallest absolute Gasteiger partial charge is 0.266 e. The summed E-state index contributed by atoms with van der Waals surface area (Å²) in [6.07, 6.45) is 4.42. The van der Waals surface area contributed by atoms with Crippen molar-refractivity contribution < 1.29 is 4.79 Å². The molecule has 0 aliphatic heterocycles. The molecule has 0 N–H and O–H groups in total. The van der Waals surface area contributed by atoms with Gasteiger partial charge in [0.15, 0.2) is 5.16 Å². The summed E-state index contributed by atoms with van der Waals surface area (Å²) < 4.78 is 1.63. The summed E-state index contributed by atoms with van der Waals surface area (Å²) >= 11 is 1.25. The van der Waals surface area contributed by atoms with Gasteiger partial charge in [0, 0.05) is 7.05 Å². The Kier molecular flexibility index (Phi) is 6.57. The maximum Gasteiger partial charge on any atom is 0.266 e. The van der Waals surface area contributed by atoms with Crippen LogP contribution >= 0.6 is 11.8 Å². The number of carbonyl (C=O) groups is 1. The molecule has 1 heterocycles. The van der Waals surface area contributed by atoms with Crippen molar-refractivity contribution in [3.63, 3.8) is 0 Å². The molecule has 170 valence electrons. The number of hydrogen-bond acceptors (Lipinski definition) is 5. The lowest BCUT2D eigenvalue weighted by atomic mass is 9.81. The Labute approximate surface area is 198 Å². The molecule has 1 aromatic heterocycles. The minimum Gasteiger partial charge on any atom is -0.326 e. The molecule has 0 spiro atoms. The van der Waals surface area contributed by atoms with Gasteiger partial charge in [-0.1, -0.05) is 61.4 Å². The molecule has 33 heavy (non-hydrogen) atoms. The number of amides is 1. The van der Waals surface area contributed by atoms with E-state index in [9.17, 15) is 14.9 Å². The highest BCUT2D eigenvalue weighted by Gasteiger charge is 2.38. The van der Waals surface area contributed by atoms with Gasteiger partial charge in [0.2, 0.25) is 5.91 Å². The average molecular weight is 461 g/mol. The molecule has 1 aliphatic rings. The highest BCUT2D eigenvalue weighted by Crippen LogP contribution is 2.33. The fourth-order valence-electron chi connectivity index (χ4n) is 4.69. The molecule has 1 amide bonds. The maximum absolute atomic E-state index is 13.5. The first-order valence-electron chi connectivity index (χ1n) is 11.3. The third-order valence-electron chi connectivity index (χ3n) is 6.64. The second-order valence-corrected chi connectivity index (χ2v) is 9.68. The number of nitriles is 1. The third kappa shape index (κ3) is 4.28. The molecule has 4 rings (SSSR count). The van der Waals surface area contributed by atoms with E-state index in [0.29, 0.717) is 28.9 Å². The zero-order valence-corrected chi connectivity index (χ0v) is 20.1. The van der Waals surface area contributed by atoms with Crippen molar-refractivity contribution in [3.8, 4) is 11.8 Å². The Morgan fingerprint density at radius 3 is 2.45 bits per heavy atom. The lowest BCUT2D eigenvalue weighted by molar-refractivity contribution is -0.131. The van der Waals surface area contributed by atoms with Crippen LogP contribution in [0.25, 0.3) is 16.6 Å². The number of thioether (sulfide) groups is 1. The number of hydrogen-bond donors (Lipinski definition) is 0. The fourth-order valence-corrected chi connectivity index (χ4v) is 5.60. The Hall–Kier alpha value is -3.11. The summed E-state index contributed by atoms with van der Waals surface area (Å²) in [5, 5.41) is 10.9. The van der Waals surface area contributed by atoms with Gasteiger partial charge in [-0.25, -0.2) is 4.98 Å². The average Bonchev–Trinajstić information content (AvgIpc) is 2.83. The van der Waals surface area contributed by atoms with E-state index in [-0.39, 0.29) is 17.2 Å². The van der Waals surface area contributed by atoms with Gasteiger partial charge in [-0.3, -0.25) is 14.2 Å². The molecule has 0 unspecified atom stereocenters. The van der Waals surface area contributed by atoms with Crippen LogP contribution in [-0.2, 0) is 4.79 Å². The molecule has 2 aromatic carbocycles. The van der Waals surface area contributed by atoms with E-state index in [1.165, 1.54) is 11.8 Å². The van der Waals surface area contributed by atoms with Crippen LogP contribution in [0.5, 0.6) is 0 Å². The lowest BCUT2D eigenvalue weighted by Crippen LogP contribution is -2.50. The number of benzene rings is 2. The number of para-hydroxylation sites is 2. The predicted molar refractivity (Wildman–Crippen MR) is 132 cm³/mol. The van der Waals surface area contributed by atoms with Gasteiger partial charge in [0.1, 0.15) is 5.54 Å². The first-order valence-corrected chi connectivity index (χ1v) is 12.3. The second kappa shape index (κ2) is 9.40. The number of fused-ring (bicyclic) bond motifs is 1. The molecular weight excluding hydrogens is 432 g/mol. The van der Waals surface area contributed by atoms with E-state index in [2.05, 4.69) is 6.07 Å². The minimum absolute atomic E-state index is 0.107. The van der Waals surface area contributed by atoms with Crippen molar-refractivity contribution in [2.45, 2.75) is 56.6 Å². The van der Waals surface area contributed by atoms with Gasteiger partial charge in [-0.15, -0.1) is 0 Å². The quantitative estimate of drug-likeness (QED) is 0.404. The largest absolute Gasteiger partial charge is 0.326 e. The van der Waals surface area contributed by atoms with Crippen molar-refractivity contribution in [2.75, 3.05) is 12.8 Å². The van der Waals surface area contributed by atoms with Crippen molar-refractivity contribution in [1.29, 1.82) is 5.26 Å². The highest BCUT2D eigenvalue weighted by molar-refractivity contribution is 7.99. The van der Waals surface area contributed by atoms with E-state index in [0.717, 1.165) is 36.1 Å². The van der Waals surface area contributed by atoms with Crippen molar-refractivity contribution in [1.82, 2.24) is 14.5 Å². The van der Waals surface area contributed by atoms with Crippen LogP contribution in [0.3, 0.4) is 0 Å². The van der Waals surface area contributed by atoms with Gasteiger partial charge in [0.25, 0.3) is 5.56 Å². The predicted octanol–water partition coefficient (Wildman–Crippen LogP) is 4.78. The van der Waals surface area contributed by atoms with Crippen molar-refractivity contribution in [2.24, 2.45) is 0 Å². The molecule has 0 atom stereocenters. The Balaban J connectivity index is 1.73. The van der Waals surface area contributed by atoms with Crippen LogP contribution in [0.4, 0.5) is 0 Å². The van der Waals surface area contributed by atoms with Gasteiger partial charge in [-0.05, 0) is 49.9 Å². The molecular formula is C26H28N4O2S. The SMILES string of the molecule is Cc1cccc(C)c1-n1c(SCC(=O)N(C)C2(C#N)CCCCC2)nc2ccccc2c1=O. The van der Waals surface area contributed by atoms with Gasteiger partial charge >= 0.3 is 0 Å². The summed E-state index contributed by atoms with van der Waals surface area (Å²) in [4.78, 5) is 33.1. The maximum atomic E-state index is 13.5. The van der Waals surface area contributed by atoms with Crippen LogP contribution < -0.4 is 5.56 Å².